The molecule has 0 unspecified atom stereocenters. The highest BCUT2D eigenvalue weighted by molar-refractivity contribution is 6.08. The lowest BCUT2D eigenvalue weighted by atomic mass is 9.90. The molecule has 9 heteroatoms. The fourth-order valence-electron chi connectivity index (χ4n) is 3.00. The van der Waals surface area contributed by atoms with Gasteiger partial charge in [0.15, 0.2) is 5.75 Å². The Bertz CT molecular complexity index is 953. The number of amides is 1. The van der Waals surface area contributed by atoms with Crippen LogP contribution in [0.3, 0.4) is 0 Å². The summed E-state index contributed by atoms with van der Waals surface area (Å²) in [5.41, 5.74) is -1.15. The van der Waals surface area contributed by atoms with E-state index < -0.39 is 29.4 Å². The maximum atomic E-state index is 12.7. The number of ether oxygens (including phenoxy) is 3. The van der Waals surface area contributed by atoms with Gasteiger partial charge in [-0.15, -0.1) is 0 Å². The third kappa shape index (κ3) is 5.11. The van der Waals surface area contributed by atoms with Crippen LogP contribution in [0.25, 0.3) is 10.9 Å². The Morgan fingerprint density at radius 1 is 1.03 bits per heavy atom. The number of esters is 3. The van der Waals surface area contributed by atoms with E-state index in [4.69, 9.17) is 14.2 Å². The molecule has 0 saturated heterocycles. The smallest absolute Gasteiger partial charge is 0.344 e. The second-order valence-corrected chi connectivity index (χ2v) is 6.47. The van der Waals surface area contributed by atoms with Crippen LogP contribution in [-0.4, -0.2) is 47.6 Å². The van der Waals surface area contributed by atoms with Gasteiger partial charge in [-0.05, 0) is 31.5 Å². The van der Waals surface area contributed by atoms with Gasteiger partial charge in [-0.3, -0.25) is 14.6 Å². The van der Waals surface area contributed by atoms with Crippen molar-refractivity contribution < 1.29 is 33.4 Å². The van der Waals surface area contributed by atoms with E-state index >= 15 is 0 Å². The lowest BCUT2D eigenvalue weighted by Gasteiger charge is -2.29. The number of fused-ring (bicyclic) bond motifs is 1. The number of hydrogen-bond donors (Lipinski definition) is 1. The van der Waals surface area contributed by atoms with Crippen molar-refractivity contribution in [2.45, 2.75) is 39.7 Å². The molecule has 1 amide bonds. The maximum absolute atomic E-state index is 12.7. The topological polar surface area (TPSA) is 121 Å². The first-order chi connectivity index (χ1) is 14.2. The molecule has 0 spiro atoms. The molecule has 160 valence electrons. The molecule has 1 heterocycles. The van der Waals surface area contributed by atoms with Crippen LogP contribution in [0.4, 0.5) is 0 Å². The van der Waals surface area contributed by atoms with Gasteiger partial charge in [-0.25, -0.2) is 9.59 Å². The monoisotopic (exact) mass is 416 g/mol. The minimum atomic E-state index is -2.05. The summed E-state index contributed by atoms with van der Waals surface area (Å²) < 4.78 is 15.3. The van der Waals surface area contributed by atoms with Crippen LogP contribution in [0.2, 0.25) is 0 Å². The number of nitrogens with one attached hydrogen (secondary N) is 1. The molecule has 0 fully saturated rings. The van der Waals surface area contributed by atoms with Gasteiger partial charge in [0.25, 0.3) is 0 Å². The summed E-state index contributed by atoms with van der Waals surface area (Å²) in [6, 6.07) is 6.72. The largest absolute Gasteiger partial charge is 0.464 e. The second-order valence-electron chi connectivity index (χ2n) is 6.47. The van der Waals surface area contributed by atoms with Crippen LogP contribution in [0, 0.1) is 0 Å². The van der Waals surface area contributed by atoms with Gasteiger partial charge in [-0.2, -0.15) is 0 Å². The maximum Gasteiger partial charge on any atom is 0.344 e. The number of carbonyl (C=O) groups is 4. The number of hydrogen-bond acceptors (Lipinski definition) is 8. The van der Waals surface area contributed by atoms with E-state index in [-0.39, 0.29) is 25.4 Å². The summed E-state index contributed by atoms with van der Waals surface area (Å²) in [4.78, 5) is 52.9. The number of rotatable bonds is 8. The normalized spacial score (nSPS) is 10.9. The molecule has 1 aromatic heterocycles. The Hall–Kier alpha value is -3.49. The lowest BCUT2D eigenvalue weighted by Crippen LogP contribution is -2.62. The Morgan fingerprint density at radius 2 is 1.67 bits per heavy atom. The fraction of sp³-hybridized carbons (Fsp3) is 0.381. The summed E-state index contributed by atoms with van der Waals surface area (Å²) in [6.07, 6.45) is 1.20. The molecule has 1 N–H and O–H groups in total. The van der Waals surface area contributed by atoms with Gasteiger partial charge in [0, 0.05) is 31.9 Å². The Balaban J connectivity index is 2.53. The SMILES string of the molecule is CCOC(=O)C(Cc1cnc2c(OC(C)=O)cccc2c1)(NC(C)=O)C(=O)OCC. The van der Waals surface area contributed by atoms with Crippen LogP contribution in [0.15, 0.2) is 30.5 Å². The van der Waals surface area contributed by atoms with Gasteiger partial charge in [0.05, 0.1) is 13.2 Å². The molecule has 0 radical (unpaired) electrons. The van der Waals surface area contributed by atoms with Crippen molar-refractivity contribution in [3.05, 3.63) is 36.0 Å². The third-order valence-electron chi connectivity index (χ3n) is 4.09. The zero-order valence-corrected chi connectivity index (χ0v) is 17.3. The minimum absolute atomic E-state index is 0.0152. The lowest BCUT2D eigenvalue weighted by molar-refractivity contribution is -0.168. The molecule has 1 aromatic carbocycles. The number of carbonyl (C=O) groups excluding carboxylic acids is 4. The molecular weight excluding hydrogens is 392 g/mol. The Kier molecular flexibility index (Phi) is 7.46. The highest BCUT2D eigenvalue weighted by atomic mass is 16.6. The predicted molar refractivity (Wildman–Crippen MR) is 107 cm³/mol. The van der Waals surface area contributed by atoms with Crippen molar-refractivity contribution in [2.75, 3.05) is 13.2 Å². The van der Waals surface area contributed by atoms with Crippen LogP contribution in [0.5, 0.6) is 5.75 Å². The van der Waals surface area contributed by atoms with E-state index in [1.165, 1.54) is 20.0 Å². The second kappa shape index (κ2) is 9.82. The Morgan fingerprint density at radius 3 is 2.20 bits per heavy atom. The standard InChI is InChI=1S/C21H24N2O7/c1-5-28-19(26)21(23-13(3)24,20(27)29-6-2)11-15-10-16-8-7-9-17(30-14(4)25)18(16)22-12-15/h7-10,12H,5-6,11H2,1-4H3,(H,23,24). The molecule has 0 aliphatic rings. The predicted octanol–water partition coefficient (Wildman–Crippen LogP) is 1.70. The average molecular weight is 416 g/mol. The number of pyridine rings is 1. The zero-order chi connectivity index (χ0) is 22.3. The van der Waals surface area contributed by atoms with Crippen molar-refractivity contribution >= 4 is 34.7 Å². The van der Waals surface area contributed by atoms with Crippen LogP contribution in [0.1, 0.15) is 33.3 Å². The first-order valence-corrected chi connectivity index (χ1v) is 9.42. The molecule has 30 heavy (non-hydrogen) atoms. The van der Waals surface area contributed by atoms with Gasteiger partial charge in [-0.1, -0.05) is 12.1 Å². The molecule has 0 atom stereocenters. The highest BCUT2D eigenvalue weighted by Crippen LogP contribution is 2.26. The van der Waals surface area contributed by atoms with Crippen molar-refractivity contribution in [3.63, 3.8) is 0 Å². The van der Waals surface area contributed by atoms with Crippen LogP contribution >= 0.6 is 0 Å². The van der Waals surface area contributed by atoms with Crippen molar-refractivity contribution in [2.24, 2.45) is 0 Å². The molecular formula is C21H24N2O7. The first kappa shape index (κ1) is 22.8. The van der Waals surface area contributed by atoms with Gasteiger partial charge >= 0.3 is 17.9 Å². The summed E-state index contributed by atoms with van der Waals surface area (Å²) >= 11 is 0. The first-order valence-electron chi connectivity index (χ1n) is 9.42. The van der Waals surface area contributed by atoms with E-state index in [2.05, 4.69) is 10.3 Å². The summed E-state index contributed by atoms with van der Waals surface area (Å²) in [7, 11) is 0. The number of nitrogens with zero attached hydrogens (tertiary/aromatic N) is 1. The van der Waals surface area contributed by atoms with Crippen molar-refractivity contribution in [1.29, 1.82) is 0 Å². The summed E-state index contributed by atoms with van der Waals surface area (Å²) in [5, 5.41) is 3.03. The molecule has 9 nitrogen and oxygen atoms in total. The van der Waals surface area contributed by atoms with E-state index in [1.807, 2.05) is 0 Å². The van der Waals surface area contributed by atoms with Crippen LogP contribution in [-0.2, 0) is 35.1 Å². The fourth-order valence-corrected chi connectivity index (χ4v) is 3.00. The number of para-hydroxylation sites is 1. The van der Waals surface area contributed by atoms with Crippen molar-refractivity contribution in [3.8, 4) is 5.75 Å². The molecule has 0 saturated carbocycles. The molecule has 2 rings (SSSR count). The highest BCUT2D eigenvalue weighted by Gasteiger charge is 2.50. The van der Waals surface area contributed by atoms with Crippen LogP contribution < -0.4 is 10.1 Å². The van der Waals surface area contributed by atoms with E-state index in [1.54, 1.807) is 38.1 Å². The average Bonchev–Trinajstić information content (AvgIpc) is 2.67. The molecule has 0 aliphatic heterocycles. The van der Waals surface area contributed by atoms with E-state index in [0.717, 1.165) is 0 Å². The van der Waals surface area contributed by atoms with E-state index in [9.17, 15) is 19.2 Å². The van der Waals surface area contributed by atoms with Gasteiger partial charge < -0.3 is 19.5 Å². The van der Waals surface area contributed by atoms with Gasteiger partial charge in [0.2, 0.25) is 11.4 Å². The molecule has 2 aromatic rings. The number of benzene rings is 1. The number of aromatic nitrogens is 1. The quantitative estimate of drug-likeness (QED) is 0.392. The Labute approximate surface area is 173 Å². The third-order valence-corrected chi connectivity index (χ3v) is 4.09. The molecule has 0 bridgehead atoms. The zero-order valence-electron chi connectivity index (χ0n) is 17.3. The summed E-state index contributed by atoms with van der Waals surface area (Å²) in [5.74, 6) is -2.64. The molecule has 0 aliphatic carbocycles. The van der Waals surface area contributed by atoms with Crippen molar-refractivity contribution in [1.82, 2.24) is 10.3 Å². The summed E-state index contributed by atoms with van der Waals surface area (Å²) in [6.45, 7) is 5.69. The van der Waals surface area contributed by atoms with E-state index in [0.29, 0.717) is 16.5 Å². The minimum Gasteiger partial charge on any atom is -0.464 e. The van der Waals surface area contributed by atoms with Gasteiger partial charge in [0.1, 0.15) is 5.52 Å².